The van der Waals surface area contributed by atoms with Gasteiger partial charge in [0.05, 0.1) is 12.0 Å². The van der Waals surface area contributed by atoms with Gasteiger partial charge >= 0.3 is 0 Å². The Hall–Kier alpha value is -0.870. The quantitative estimate of drug-likeness (QED) is 0.625. The van der Waals surface area contributed by atoms with Gasteiger partial charge in [-0.3, -0.25) is 4.79 Å². The molecule has 4 nitrogen and oxygen atoms in total. The van der Waals surface area contributed by atoms with Gasteiger partial charge in [-0.2, -0.15) is 0 Å². The smallest absolute Gasteiger partial charge is 0.226 e. The Kier molecular flexibility index (Phi) is 2.56. The average Bonchev–Trinajstić information content (AvgIpc) is 2.56. The molecule has 0 aromatic heterocycles. The van der Waals surface area contributed by atoms with Gasteiger partial charge in [-0.25, -0.2) is 0 Å². The normalized spacial score (nSPS) is 21.1. The second-order valence-corrected chi connectivity index (χ2v) is 5.05. The molecule has 2 aliphatic rings. The van der Waals surface area contributed by atoms with E-state index in [-0.39, 0.29) is 12.3 Å². The van der Waals surface area contributed by atoms with E-state index in [1.54, 1.807) is 13.8 Å². The van der Waals surface area contributed by atoms with Crippen LogP contribution in [0.4, 0.5) is 0 Å². The van der Waals surface area contributed by atoms with E-state index in [2.05, 4.69) is 5.32 Å². The summed E-state index contributed by atoms with van der Waals surface area (Å²) < 4.78 is 0. The molecule has 2 aliphatic heterocycles. The van der Waals surface area contributed by atoms with Gasteiger partial charge in [0, 0.05) is 26.2 Å². The molecule has 0 unspecified atom stereocenters. The van der Waals surface area contributed by atoms with E-state index in [4.69, 9.17) is 0 Å². The molecule has 2 rings (SSSR count). The number of rotatable bonds is 2. The first-order chi connectivity index (χ1) is 6.96. The molecule has 1 amide bonds. The second-order valence-electron chi connectivity index (χ2n) is 5.05. The summed E-state index contributed by atoms with van der Waals surface area (Å²) in [4.78, 5) is 13.6. The maximum atomic E-state index is 11.8. The number of amides is 1. The Labute approximate surface area is 90.0 Å². The minimum Gasteiger partial charge on any atom is -0.390 e. The van der Waals surface area contributed by atoms with E-state index in [0.717, 1.165) is 26.2 Å². The van der Waals surface area contributed by atoms with E-state index >= 15 is 0 Å². The number of nitrogens with zero attached hydrogens (tertiary/aromatic N) is 1. The molecule has 2 N–H and O–H groups in total. The molecule has 0 aromatic carbocycles. The van der Waals surface area contributed by atoms with Crippen LogP contribution < -0.4 is 5.32 Å². The van der Waals surface area contributed by atoms with Gasteiger partial charge in [-0.05, 0) is 25.0 Å². The van der Waals surface area contributed by atoms with Crippen molar-refractivity contribution >= 4 is 5.91 Å². The highest BCUT2D eigenvalue weighted by atomic mass is 16.3. The van der Waals surface area contributed by atoms with Gasteiger partial charge in [0.2, 0.25) is 5.91 Å². The summed E-state index contributed by atoms with van der Waals surface area (Å²) in [6.07, 6.45) is 0.209. The first kappa shape index (κ1) is 10.6. The highest BCUT2D eigenvalue weighted by Gasteiger charge is 2.30. The predicted molar refractivity (Wildman–Crippen MR) is 57.4 cm³/mol. The third-order valence-corrected chi connectivity index (χ3v) is 2.88. The van der Waals surface area contributed by atoms with Crippen LogP contribution in [0.3, 0.4) is 0 Å². The number of nitrogens with one attached hydrogen (secondary N) is 1. The highest BCUT2D eigenvalue weighted by molar-refractivity contribution is 5.78. The second kappa shape index (κ2) is 3.61. The fourth-order valence-corrected chi connectivity index (χ4v) is 2.12. The molecule has 0 saturated carbocycles. The van der Waals surface area contributed by atoms with Crippen LogP contribution in [0, 0.1) is 0 Å². The predicted octanol–water partition coefficient (Wildman–Crippen LogP) is -0.111. The minimum absolute atomic E-state index is 0.0527. The van der Waals surface area contributed by atoms with Crippen LogP contribution in [0.1, 0.15) is 20.3 Å². The van der Waals surface area contributed by atoms with Crippen molar-refractivity contribution in [2.75, 3.05) is 26.2 Å². The lowest BCUT2D eigenvalue weighted by Crippen LogP contribution is -2.37. The SMILES string of the molecule is CC(C)(O)CC(=O)N1CC2=C(CNC2)C1. The van der Waals surface area contributed by atoms with Crippen molar-refractivity contribution in [1.29, 1.82) is 0 Å². The Morgan fingerprint density at radius 1 is 1.40 bits per heavy atom. The molecule has 84 valence electrons. The van der Waals surface area contributed by atoms with Crippen molar-refractivity contribution in [2.45, 2.75) is 25.9 Å². The molecule has 0 saturated heterocycles. The van der Waals surface area contributed by atoms with E-state index < -0.39 is 5.60 Å². The maximum absolute atomic E-state index is 11.8. The fourth-order valence-electron chi connectivity index (χ4n) is 2.12. The third-order valence-electron chi connectivity index (χ3n) is 2.88. The van der Waals surface area contributed by atoms with Crippen LogP contribution in [0.15, 0.2) is 11.1 Å². The fraction of sp³-hybridized carbons (Fsp3) is 0.727. The Balaban J connectivity index is 1.90. The molecule has 4 heteroatoms. The summed E-state index contributed by atoms with van der Waals surface area (Å²) in [6.45, 7) is 6.67. The Morgan fingerprint density at radius 2 is 1.93 bits per heavy atom. The van der Waals surface area contributed by atoms with E-state index in [9.17, 15) is 9.90 Å². The molecular weight excluding hydrogens is 192 g/mol. The summed E-state index contributed by atoms with van der Waals surface area (Å²) in [7, 11) is 0. The molecular formula is C11H18N2O2. The molecule has 0 aromatic rings. The number of hydrogen-bond donors (Lipinski definition) is 2. The summed E-state index contributed by atoms with van der Waals surface area (Å²) in [6, 6.07) is 0. The molecule has 0 spiro atoms. The standard InChI is InChI=1S/C11H18N2O2/c1-11(2,15)3-10(14)13-6-8-4-12-5-9(8)7-13/h12,15H,3-7H2,1-2H3. The van der Waals surface area contributed by atoms with E-state index in [0.29, 0.717) is 0 Å². The first-order valence-corrected chi connectivity index (χ1v) is 5.36. The molecule has 0 radical (unpaired) electrons. The van der Waals surface area contributed by atoms with Crippen LogP contribution >= 0.6 is 0 Å². The molecule has 2 heterocycles. The Morgan fingerprint density at radius 3 is 2.40 bits per heavy atom. The zero-order chi connectivity index (χ0) is 11.1. The maximum Gasteiger partial charge on any atom is 0.226 e. The largest absolute Gasteiger partial charge is 0.390 e. The van der Waals surface area contributed by atoms with Crippen molar-refractivity contribution in [3.63, 3.8) is 0 Å². The topological polar surface area (TPSA) is 52.6 Å². The van der Waals surface area contributed by atoms with Crippen molar-refractivity contribution in [3.05, 3.63) is 11.1 Å². The molecule has 0 fully saturated rings. The first-order valence-electron chi connectivity index (χ1n) is 5.36. The van der Waals surface area contributed by atoms with Crippen molar-refractivity contribution in [2.24, 2.45) is 0 Å². The third kappa shape index (κ3) is 2.38. The van der Waals surface area contributed by atoms with Crippen molar-refractivity contribution in [3.8, 4) is 0 Å². The number of carbonyl (C=O) groups is 1. The molecule has 0 bridgehead atoms. The monoisotopic (exact) mass is 210 g/mol. The Bertz CT molecular complexity index is 299. The zero-order valence-corrected chi connectivity index (χ0v) is 9.34. The van der Waals surface area contributed by atoms with E-state index in [1.165, 1.54) is 11.1 Å². The lowest BCUT2D eigenvalue weighted by molar-refractivity contribution is -0.134. The lowest BCUT2D eigenvalue weighted by atomic mass is 10.1. The van der Waals surface area contributed by atoms with Gasteiger partial charge in [0.15, 0.2) is 0 Å². The summed E-state index contributed by atoms with van der Waals surface area (Å²) >= 11 is 0. The van der Waals surface area contributed by atoms with Crippen LogP contribution in [0.5, 0.6) is 0 Å². The van der Waals surface area contributed by atoms with Crippen LogP contribution in [-0.2, 0) is 4.79 Å². The van der Waals surface area contributed by atoms with E-state index in [1.807, 2.05) is 4.90 Å². The average molecular weight is 210 g/mol. The number of hydrogen-bond acceptors (Lipinski definition) is 3. The summed E-state index contributed by atoms with van der Waals surface area (Å²) in [5, 5.41) is 12.8. The van der Waals surface area contributed by atoms with Crippen LogP contribution in [0.25, 0.3) is 0 Å². The molecule has 15 heavy (non-hydrogen) atoms. The van der Waals surface area contributed by atoms with Crippen LogP contribution in [-0.4, -0.2) is 47.7 Å². The lowest BCUT2D eigenvalue weighted by Gasteiger charge is -2.23. The molecule has 0 atom stereocenters. The van der Waals surface area contributed by atoms with Gasteiger partial charge in [-0.1, -0.05) is 0 Å². The van der Waals surface area contributed by atoms with Crippen LogP contribution in [0.2, 0.25) is 0 Å². The summed E-state index contributed by atoms with van der Waals surface area (Å²) in [5.41, 5.74) is 1.82. The van der Waals surface area contributed by atoms with Crippen molar-refractivity contribution in [1.82, 2.24) is 10.2 Å². The molecule has 0 aliphatic carbocycles. The van der Waals surface area contributed by atoms with Gasteiger partial charge in [-0.15, -0.1) is 0 Å². The van der Waals surface area contributed by atoms with Gasteiger partial charge < -0.3 is 15.3 Å². The number of aliphatic hydroxyl groups is 1. The minimum atomic E-state index is -0.900. The zero-order valence-electron chi connectivity index (χ0n) is 9.34. The highest BCUT2D eigenvalue weighted by Crippen LogP contribution is 2.22. The van der Waals surface area contributed by atoms with Gasteiger partial charge in [0.25, 0.3) is 0 Å². The van der Waals surface area contributed by atoms with Gasteiger partial charge in [0.1, 0.15) is 0 Å². The summed E-state index contributed by atoms with van der Waals surface area (Å²) in [5.74, 6) is 0.0527. The van der Waals surface area contributed by atoms with Crippen molar-refractivity contribution < 1.29 is 9.90 Å². The number of carbonyl (C=O) groups excluding carboxylic acids is 1.